The summed E-state index contributed by atoms with van der Waals surface area (Å²) in [6.45, 7) is 6.74. The van der Waals surface area contributed by atoms with Crippen LogP contribution in [-0.4, -0.2) is 31.8 Å². The first-order valence-corrected chi connectivity index (χ1v) is 7.28. The number of nitrogens with two attached hydrogens (primary N) is 1. The Kier molecular flexibility index (Phi) is 4.65. The van der Waals surface area contributed by atoms with Gasteiger partial charge in [0.25, 0.3) is 0 Å². The summed E-state index contributed by atoms with van der Waals surface area (Å²) in [5, 5.41) is 0. The van der Waals surface area contributed by atoms with Crippen molar-refractivity contribution in [1.82, 2.24) is 0 Å². The summed E-state index contributed by atoms with van der Waals surface area (Å²) in [5.74, 6) is 0. The molecule has 0 aromatic heterocycles. The Morgan fingerprint density at radius 2 is 2.22 bits per heavy atom. The van der Waals surface area contributed by atoms with Crippen molar-refractivity contribution in [2.75, 3.05) is 24.6 Å². The summed E-state index contributed by atoms with van der Waals surface area (Å²) in [5.41, 5.74) is 8.31. The van der Waals surface area contributed by atoms with E-state index in [2.05, 4.69) is 52.9 Å². The Labute approximate surface area is 117 Å². The van der Waals surface area contributed by atoms with Gasteiger partial charge in [0, 0.05) is 22.7 Å². The molecule has 18 heavy (non-hydrogen) atoms. The normalized spacial score (nSPS) is 24.3. The van der Waals surface area contributed by atoms with E-state index in [1.54, 1.807) is 0 Å². The maximum atomic E-state index is 5.70. The summed E-state index contributed by atoms with van der Waals surface area (Å²) in [6, 6.07) is 6.86. The van der Waals surface area contributed by atoms with E-state index in [0.717, 1.165) is 24.0 Å². The molecule has 4 heteroatoms. The lowest BCUT2D eigenvalue weighted by atomic mass is 10.1. The molecule has 0 saturated carbocycles. The van der Waals surface area contributed by atoms with Gasteiger partial charge in [0.1, 0.15) is 0 Å². The van der Waals surface area contributed by atoms with Crippen LogP contribution < -0.4 is 10.6 Å². The third-order valence-electron chi connectivity index (χ3n) is 3.38. The molecular formula is C14H21BrN2O. The zero-order valence-corrected chi connectivity index (χ0v) is 12.6. The van der Waals surface area contributed by atoms with E-state index in [0.29, 0.717) is 12.6 Å². The highest BCUT2D eigenvalue weighted by molar-refractivity contribution is 9.10. The van der Waals surface area contributed by atoms with Gasteiger partial charge >= 0.3 is 0 Å². The second-order valence-corrected chi connectivity index (χ2v) is 5.87. The molecule has 2 N–H and O–H groups in total. The Morgan fingerprint density at radius 1 is 1.44 bits per heavy atom. The topological polar surface area (TPSA) is 38.5 Å². The van der Waals surface area contributed by atoms with Crippen molar-refractivity contribution in [3.05, 3.63) is 28.2 Å². The summed E-state index contributed by atoms with van der Waals surface area (Å²) in [7, 11) is 0. The Bertz CT molecular complexity index is 411. The Balaban J connectivity index is 2.32. The molecule has 0 spiro atoms. The highest BCUT2D eigenvalue weighted by Gasteiger charge is 2.25. The monoisotopic (exact) mass is 312 g/mol. The summed E-state index contributed by atoms with van der Waals surface area (Å²) < 4.78 is 6.81. The van der Waals surface area contributed by atoms with Crippen molar-refractivity contribution in [1.29, 1.82) is 0 Å². The van der Waals surface area contributed by atoms with E-state index in [9.17, 15) is 0 Å². The molecule has 0 radical (unpaired) electrons. The van der Waals surface area contributed by atoms with Crippen molar-refractivity contribution in [2.24, 2.45) is 5.73 Å². The van der Waals surface area contributed by atoms with Crippen LogP contribution in [0.25, 0.3) is 0 Å². The van der Waals surface area contributed by atoms with E-state index in [-0.39, 0.29) is 6.10 Å². The summed E-state index contributed by atoms with van der Waals surface area (Å²) >= 11 is 3.56. The number of nitrogens with zero attached hydrogens (tertiary/aromatic N) is 1. The van der Waals surface area contributed by atoms with E-state index >= 15 is 0 Å². The van der Waals surface area contributed by atoms with Crippen molar-refractivity contribution < 1.29 is 4.74 Å². The van der Waals surface area contributed by atoms with Crippen LogP contribution in [0.15, 0.2) is 22.7 Å². The number of anilines is 1. The van der Waals surface area contributed by atoms with Crippen molar-refractivity contribution in [2.45, 2.75) is 32.4 Å². The van der Waals surface area contributed by atoms with Gasteiger partial charge in [-0.3, -0.25) is 0 Å². The van der Waals surface area contributed by atoms with Gasteiger partial charge in [0.2, 0.25) is 0 Å². The zero-order chi connectivity index (χ0) is 13.1. The van der Waals surface area contributed by atoms with Gasteiger partial charge in [-0.05, 0) is 44.5 Å². The molecule has 2 atom stereocenters. The molecule has 1 heterocycles. The quantitative estimate of drug-likeness (QED) is 0.932. The largest absolute Gasteiger partial charge is 0.375 e. The van der Waals surface area contributed by atoms with Crippen LogP contribution in [-0.2, 0) is 11.2 Å². The van der Waals surface area contributed by atoms with Crippen LogP contribution in [0.3, 0.4) is 0 Å². The molecule has 0 bridgehead atoms. The molecule has 1 aliphatic heterocycles. The molecule has 2 rings (SSSR count). The second kappa shape index (κ2) is 6.04. The van der Waals surface area contributed by atoms with Crippen LogP contribution in [0.4, 0.5) is 5.69 Å². The number of hydrogen-bond donors (Lipinski definition) is 1. The first kappa shape index (κ1) is 13.8. The highest BCUT2D eigenvalue weighted by Crippen LogP contribution is 2.29. The number of halogens is 1. The predicted molar refractivity (Wildman–Crippen MR) is 79.1 cm³/mol. The van der Waals surface area contributed by atoms with Crippen LogP contribution >= 0.6 is 15.9 Å². The van der Waals surface area contributed by atoms with Gasteiger partial charge in [-0.1, -0.05) is 22.0 Å². The minimum Gasteiger partial charge on any atom is -0.375 e. The summed E-state index contributed by atoms with van der Waals surface area (Å²) in [6.07, 6.45) is 1.20. The first-order chi connectivity index (χ1) is 8.61. The number of ether oxygens (including phenoxy) is 1. The number of morpholine rings is 1. The van der Waals surface area contributed by atoms with Gasteiger partial charge in [0.05, 0.1) is 12.7 Å². The molecular weight excluding hydrogens is 292 g/mol. The van der Waals surface area contributed by atoms with Crippen LogP contribution in [0.5, 0.6) is 0 Å². The number of rotatable bonds is 3. The van der Waals surface area contributed by atoms with E-state index < -0.39 is 0 Å². The third-order valence-corrected chi connectivity index (χ3v) is 3.87. The molecule has 1 saturated heterocycles. The number of hydrogen-bond acceptors (Lipinski definition) is 3. The molecule has 3 nitrogen and oxygen atoms in total. The molecule has 100 valence electrons. The minimum atomic E-state index is 0.283. The van der Waals surface area contributed by atoms with E-state index in [1.807, 2.05) is 0 Å². The fourth-order valence-electron chi connectivity index (χ4n) is 2.41. The van der Waals surface area contributed by atoms with Gasteiger partial charge < -0.3 is 15.4 Å². The smallest absolute Gasteiger partial charge is 0.0723 e. The standard InChI is InChI=1S/C14H21BrN2O/c1-10-9-18-11(2)8-17(10)14-7-13(15)4-3-12(14)5-6-16/h3-4,7,10-11H,5-6,8-9,16H2,1-2H3. The maximum absolute atomic E-state index is 5.70. The third kappa shape index (κ3) is 3.05. The lowest BCUT2D eigenvalue weighted by Crippen LogP contribution is -2.47. The van der Waals surface area contributed by atoms with Gasteiger partial charge in [-0.2, -0.15) is 0 Å². The molecule has 1 aromatic rings. The molecule has 1 aromatic carbocycles. The lowest BCUT2D eigenvalue weighted by Gasteiger charge is -2.39. The van der Waals surface area contributed by atoms with Crippen LogP contribution in [0.1, 0.15) is 19.4 Å². The van der Waals surface area contributed by atoms with Crippen LogP contribution in [0.2, 0.25) is 0 Å². The molecule has 1 aliphatic rings. The van der Waals surface area contributed by atoms with Gasteiger partial charge in [-0.15, -0.1) is 0 Å². The number of benzene rings is 1. The fourth-order valence-corrected chi connectivity index (χ4v) is 2.76. The first-order valence-electron chi connectivity index (χ1n) is 6.48. The van der Waals surface area contributed by atoms with Crippen molar-refractivity contribution in [3.63, 3.8) is 0 Å². The highest BCUT2D eigenvalue weighted by atomic mass is 79.9. The fraction of sp³-hybridized carbons (Fsp3) is 0.571. The van der Waals surface area contributed by atoms with E-state index in [1.165, 1.54) is 11.3 Å². The second-order valence-electron chi connectivity index (χ2n) is 4.96. The van der Waals surface area contributed by atoms with Crippen LogP contribution in [0, 0.1) is 0 Å². The molecule has 1 fully saturated rings. The SMILES string of the molecule is CC1CN(c2cc(Br)ccc2CCN)C(C)CO1. The average Bonchev–Trinajstić information content (AvgIpc) is 2.35. The molecule has 0 amide bonds. The Morgan fingerprint density at radius 3 is 2.94 bits per heavy atom. The zero-order valence-electron chi connectivity index (χ0n) is 11.0. The van der Waals surface area contributed by atoms with Gasteiger partial charge in [-0.25, -0.2) is 0 Å². The average molecular weight is 313 g/mol. The molecule has 0 aliphatic carbocycles. The lowest BCUT2D eigenvalue weighted by molar-refractivity contribution is 0.0343. The minimum absolute atomic E-state index is 0.283. The van der Waals surface area contributed by atoms with Gasteiger partial charge in [0.15, 0.2) is 0 Å². The Hall–Kier alpha value is -0.580. The summed E-state index contributed by atoms with van der Waals surface area (Å²) in [4.78, 5) is 2.43. The molecule has 2 unspecified atom stereocenters. The van der Waals surface area contributed by atoms with Crippen molar-refractivity contribution in [3.8, 4) is 0 Å². The van der Waals surface area contributed by atoms with Crippen molar-refractivity contribution >= 4 is 21.6 Å². The predicted octanol–water partition coefficient (Wildman–Crippen LogP) is 2.56. The van der Waals surface area contributed by atoms with E-state index in [4.69, 9.17) is 10.5 Å². The maximum Gasteiger partial charge on any atom is 0.0723 e.